The molecule has 1 rings (SSSR count). The molecule has 1 aromatic carbocycles. The van der Waals surface area contributed by atoms with Crippen LogP contribution in [0.2, 0.25) is 0 Å². The predicted molar refractivity (Wildman–Crippen MR) is 82.7 cm³/mol. The van der Waals surface area contributed by atoms with Crippen LogP contribution in [-0.2, 0) is 4.79 Å². The molecule has 5 heteroatoms. The van der Waals surface area contributed by atoms with Gasteiger partial charge < -0.3 is 11.1 Å². The van der Waals surface area contributed by atoms with Gasteiger partial charge in [0.25, 0.3) is 0 Å². The van der Waals surface area contributed by atoms with E-state index in [1.165, 1.54) is 0 Å². The second kappa shape index (κ2) is 5.80. The SMILES string of the molecule is CCC(C)(C)C(=O)Nc1ccc(C(N)=S)c(Br)c1. The number of halogens is 1. The van der Waals surface area contributed by atoms with E-state index >= 15 is 0 Å². The maximum atomic E-state index is 12.0. The Morgan fingerprint density at radius 3 is 2.56 bits per heavy atom. The van der Waals surface area contributed by atoms with E-state index in [9.17, 15) is 4.79 Å². The van der Waals surface area contributed by atoms with Crippen LogP contribution in [0.3, 0.4) is 0 Å². The summed E-state index contributed by atoms with van der Waals surface area (Å²) in [5.74, 6) is -0.0000231. The highest BCUT2D eigenvalue weighted by atomic mass is 79.9. The quantitative estimate of drug-likeness (QED) is 0.832. The van der Waals surface area contributed by atoms with Crippen LogP contribution in [0.1, 0.15) is 32.8 Å². The Kier molecular flexibility index (Phi) is 4.87. The molecule has 1 aromatic rings. The molecule has 0 spiro atoms. The number of anilines is 1. The van der Waals surface area contributed by atoms with Crippen molar-refractivity contribution in [2.75, 3.05) is 5.32 Å². The third-order valence-electron chi connectivity index (χ3n) is 2.99. The topological polar surface area (TPSA) is 55.1 Å². The maximum absolute atomic E-state index is 12.0. The van der Waals surface area contributed by atoms with Crippen LogP contribution in [-0.4, -0.2) is 10.9 Å². The summed E-state index contributed by atoms with van der Waals surface area (Å²) in [7, 11) is 0. The van der Waals surface area contributed by atoms with E-state index in [1.54, 1.807) is 18.2 Å². The van der Waals surface area contributed by atoms with Crippen molar-refractivity contribution >= 4 is 44.7 Å². The fraction of sp³-hybridized carbons (Fsp3) is 0.385. The van der Waals surface area contributed by atoms with Crippen molar-refractivity contribution in [2.45, 2.75) is 27.2 Å². The van der Waals surface area contributed by atoms with Crippen LogP contribution in [0.15, 0.2) is 22.7 Å². The lowest BCUT2D eigenvalue weighted by Gasteiger charge is -2.21. The van der Waals surface area contributed by atoms with Gasteiger partial charge in [-0.1, -0.05) is 33.0 Å². The fourth-order valence-electron chi connectivity index (χ4n) is 1.25. The molecular weight excluding hydrogens is 312 g/mol. The largest absolute Gasteiger partial charge is 0.389 e. The average Bonchev–Trinajstić information content (AvgIpc) is 2.28. The summed E-state index contributed by atoms with van der Waals surface area (Å²) >= 11 is 8.31. The van der Waals surface area contributed by atoms with Gasteiger partial charge in [0.2, 0.25) is 5.91 Å². The minimum atomic E-state index is -0.381. The second-order valence-corrected chi connectivity index (χ2v) is 6.04. The molecule has 0 heterocycles. The summed E-state index contributed by atoms with van der Waals surface area (Å²) in [6.07, 6.45) is 0.783. The van der Waals surface area contributed by atoms with Gasteiger partial charge in [-0.25, -0.2) is 0 Å². The minimum absolute atomic E-state index is 0.0000231. The van der Waals surface area contributed by atoms with Gasteiger partial charge in [-0.05, 0) is 40.5 Å². The highest BCUT2D eigenvalue weighted by Gasteiger charge is 2.25. The molecule has 0 fully saturated rings. The Morgan fingerprint density at radius 2 is 2.11 bits per heavy atom. The average molecular weight is 329 g/mol. The summed E-state index contributed by atoms with van der Waals surface area (Å²) in [5.41, 5.74) is 6.68. The van der Waals surface area contributed by atoms with Gasteiger partial charge in [0.15, 0.2) is 0 Å². The molecule has 0 unspecified atom stereocenters. The van der Waals surface area contributed by atoms with E-state index in [4.69, 9.17) is 18.0 Å². The number of rotatable bonds is 4. The summed E-state index contributed by atoms with van der Waals surface area (Å²) in [5, 5.41) is 2.89. The van der Waals surface area contributed by atoms with Gasteiger partial charge >= 0.3 is 0 Å². The van der Waals surface area contributed by atoms with Crippen molar-refractivity contribution in [3.8, 4) is 0 Å². The lowest BCUT2D eigenvalue weighted by Crippen LogP contribution is -2.30. The number of hydrogen-bond acceptors (Lipinski definition) is 2. The Balaban J connectivity index is 2.91. The Hall–Kier alpha value is -0.940. The van der Waals surface area contributed by atoms with Crippen LogP contribution in [0.25, 0.3) is 0 Å². The number of hydrogen-bond donors (Lipinski definition) is 2. The Morgan fingerprint density at radius 1 is 1.50 bits per heavy atom. The summed E-state index contributed by atoms with van der Waals surface area (Å²) < 4.78 is 0.780. The van der Waals surface area contributed by atoms with Gasteiger partial charge in [0, 0.05) is 21.1 Å². The van der Waals surface area contributed by atoms with Crippen molar-refractivity contribution < 1.29 is 4.79 Å². The zero-order valence-electron chi connectivity index (χ0n) is 10.7. The molecule has 0 radical (unpaired) electrons. The standard InChI is InChI=1S/C13H17BrN2OS/c1-4-13(2,3)12(17)16-8-5-6-9(11(15)18)10(14)7-8/h5-7H,4H2,1-3H3,(H2,15,18)(H,16,17). The van der Waals surface area contributed by atoms with E-state index in [1.807, 2.05) is 20.8 Å². The molecule has 0 saturated heterocycles. The predicted octanol–water partition coefficient (Wildman–Crippen LogP) is 3.46. The summed E-state index contributed by atoms with van der Waals surface area (Å²) in [6, 6.07) is 5.39. The second-order valence-electron chi connectivity index (χ2n) is 4.75. The smallest absolute Gasteiger partial charge is 0.230 e. The van der Waals surface area contributed by atoms with Gasteiger partial charge in [0.1, 0.15) is 4.99 Å². The van der Waals surface area contributed by atoms with Crippen LogP contribution in [0.4, 0.5) is 5.69 Å². The number of nitrogens with one attached hydrogen (secondary N) is 1. The monoisotopic (exact) mass is 328 g/mol. The normalized spacial score (nSPS) is 11.1. The molecular formula is C13H17BrN2OS. The number of thiocarbonyl (C=S) groups is 1. The molecule has 0 aliphatic heterocycles. The zero-order valence-corrected chi connectivity index (χ0v) is 13.1. The molecule has 0 aromatic heterocycles. The number of nitrogens with two attached hydrogens (primary N) is 1. The van der Waals surface area contributed by atoms with E-state index in [0.29, 0.717) is 4.99 Å². The number of amides is 1. The van der Waals surface area contributed by atoms with Crippen molar-refractivity contribution in [1.29, 1.82) is 0 Å². The van der Waals surface area contributed by atoms with Crippen molar-refractivity contribution in [2.24, 2.45) is 11.1 Å². The van der Waals surface area contributed by atoms with E-state index in [0.717, 1.165) is 22.1 Å². The summed E-state index contributed by atoms with van der Waals surface area (Å²) in [4.78, 5) is 12.3. The molecule has 0 bridgehead atoms. The van der Waals surface area contributed by atoms with Gasteiger partial charge in [-0.2, -0.15) is 0 Å². The Labute approximate surface area is 121 Å². The van der Waals surface area contributed by atoms with E-state index in [2.05, 4.69) is 21.2 Å². The van der Waals surface area contributed by atoms with E-state index in [-0.39, 0.29) is 11.3 Å². The van der Waals surface area contributed by atoms with Crippen LogP contribution >= 0.6 is 28.1 Å². The molecule has 3 nitrogen and oxygen atoms in total. The highest BCUT2D eigenvalue weighted by molar-refractivity contribution is 9.10. The van der Waals surface area contributed by atoms with Crippen LogP contribution < -0.4 is 11.1 Å². The van der Waals surface area contributed by atoms with Gasteiger partial charge in [-0.3, -0.25) is 4.79 Å². The molecule has 1 amide bonds. The van der Waals surface area contributed by atoms with Crippen molar-refractivity contribution in [3.05, 3.63) is 28.2 Å². The molecule has 0 saturated carbocycles. The first-order valence-corrected chi connectivity index (χ1v) is 6.89. The molecule has 0 aliphatic rings. The first kappa shape index (κ1) is 15.1. The van der Waals surface area contributed by atoms with Crippen LogP contribution in [0.5, 0.6) is 0 Å². The third kappa shape index (κ3) is 3.53. The highest BCUT2D eigenvalue weighted by Crippen LogP contribution is 2.25. The molecule has 3 N–H and O–H groups in total. The van der Waals surface area contributed by atoms with Crippen LogP contribution in [0, 0.1) is 5.41 Å². The molecule has 98 valence electrons. The Bertz CT molecular complexity index is 486. The van der Waals surface area contributed by atoms with Gasteiger partial charge in [0.05, 0.1) is 0 Å². The number of carbonyl (C=O) groups excluding carboxylic acids is 1. The first-order chi connectivity index (χ1) is 8.27. The fourth-order valence-corrected chi connectivity index (χ4v) is 2.16. The maximum Gasteiger partial charge on any atom is 0.230 e. The minimum Gasteiger partial charge on any atom is -0.389 e. The first-order valence-electron chi connectivity index (χ1n) is 5.68. The van der Waals surface area contributed by atoms with Gasteiger partial charge in [-0.15, -0.1) is 0 Å². The summed E-state index contributed by atoms with van der Waals surface area (Å²) in [6.45, 7) is 5.83. The molecule has 0 aliphatic carbocycles. The van der Waals surface area contributed by atoms with E-state index < -0.39 is 0 Å². The molecule has 0 atom stereocenters. The number of carbonyl (C=O) groups is 1. The molecule has 18 heavy (non-hydrogen) atoms. The lowest BCUT2D eigenvalue weighted by atomic mass is 9.89. The lowest BCUT2D eigenvalue weighted by molar-refractivity contribution is -0.124. The van der Waals surface area contributed by atoms with Crippen molar-refractivity contribution in [3.63, 3.8) is 0 Å². The van der Waals surface area contributed by atoms with Crippen molar-refractivity contribution in [1.82, 2.24) is 0 Å². The number of benzene rings is 1. The third-order valence-corrected chi connectivity index (χ3v) is 3.87. The zero-order chi connectivity index (χ0) is 13.9.